The minimum atomic E-state index is -1.94. The Morgan fingerprint density at radius 3 is 1.96 bits per heavy atom. The van der Waals surface area contributed by atoms with Crippen molar-refractivity contribution in [3.8, 4) is 6.07 Å². The van der Waals surface area contributed by atoms with Crippen molar-refractivity contribution in [2.24, 2.45) is 0 Å². The van der Waals surface area contributed by atoms with Gasteiger partial charge >= 0.3 is 0 Å². The van der Waals surface area contributed by atoms with E-state index in [0.717, 1.165) is 5.56 Å². The molecule has 0 aliphatic carbocycles. The molecule has 0 aliphatic heterocycles. The van der Waals surface area contributed by atoms with Crippen LogP contribution in [-0.2, 0) is 11.3 Å². The largest absolute Gasteiger partial charge is 0.497 e. The Balaban J connectivity index is 3.05. The maximum atomic E-state index is 10.1. The molecule has 0 amide bonds. The van der Waals surface area contributed by atoms with Crippen molar-refractivity contribution in [2.75, 3.05) is 0 Å². The van der Waals surface area contributed by atoms with E-state index in [0.29, 0.717) is 23.2 Å². The Bertz CT molecular complexity index is 549. The lowest BCUT2D eigenvalue weighted by atomic mass is 10.2. The number of benzene rings is 1. The number of ether oxygens (including phenoxy) is 1. The molecule has 1 unspecified atom stereocenters. The van der Waals surface area contributed by atoms with E-state index in [4.69, 9.17) is 4.74 Å². The van der Waals surface area contributed by atoms with Crippen molar-refractivity contribution in [3.05, 3.63) is 48.2 Å². The van der Waals surface area contributed by atoms with E-state index in [9.17, 15) is 5.26 Å². The van der Waals surface area contributed by atoms with E-state index in [-0.39, 0.29) is 0 Å². The highest BCUT2D eigenvalue weighted by molar-refractivity contribution is 6.87. The van der Waals surface area contributed by atoms with Crippen molar-refractivity contribution < 1.29 is 4.74 Å². The molecule has 2 nitrogen and oxygen atoms in total. The van der Waals surface area contributed by atoms with Crippen LogP contribution >= 0.6 is 0 Å². The number of nitriles is 1. The van der Waals surface area contributed by atoms with Crippen molar-refractivity contribution in [1.82, 2.24) is 0 Å². The molecule has 1 aromatic carbocycles. The first-order chi connectivity index (χ1) is 11.2. The predicted octanol–water partition coefficient (Wildman–Crippen LogP) is 6.68. The fourth-order valence-electron chi connectivity index (χ4n) is 4.98. The first-order valence-corrected chi connectivity index (χ1v) is 11.2. The van der Waals surface area contributed by atoms with Crippen LogP contribution in [0.3, 0.4) is 0 Å². The van der Waals surface area contributed by atoms with Gasteiger partial charge in [0.25, 0.3) is 0 Å². The second-order valence-electron chi connectivity index (χ2n) is 7.81. The second-order valence-corrected chi connectivity index (χ2v) is 14.2. The zero-order valence-corrected chi connectivity index (χ0v) is 17.3. The SMILES string of the molecule is CC(C)[Si](C(C)C)(C(C)C)C(C)(C#N)/C=C\OCc1ccccc1. The topological polar surface area (TPSA) is 33.0 Å². The summed E-state index contributed by atoms with van der Waals surface area (Å²) in [5.74, 6) is 0. The molecule has 1 rings (SSSR count). The highest BCUT2D eigenvalue weighted by atomic mass is 28.3. The molecule has 0 radical (unpaired) electrons. The fraction of sp³-hybridized carbons (Fsp3) is 0.571. The molecule has 0 aliphatic rings. The van der Waals surface area contributed by atoms with Gasteiger partial charge in [-0.3, -0.25) is 0 Å². The zero-order chi connectivity index (χ0) is 18.4. The Morgan fingerprint density at radius 2 is 1.54 bits per heavy atom. The third kappa shape index (κ3) is 3.92. The van der Waals surface area contributed by atoms with Crippen molar-refractivity contribution in [1.29, 1.82) is 5.26 Å². The van der Waals surface area contributed by atoms with Gasteiger partial charge in [-0.25, -0.2) is 0 Å². The van der Waals surface area contributed by atoms with E-state index in [2.05, 4.69) is 54.5 Å². The molecule has 0 aromatic heterocycles. The highest BCUT2D eigenvalue weighted by Gasteiger charge is 2.55. The van der Waals surface area contributed by atoms with Crippen LogP contribution in [0.1, 0.15) is 54.0 Å². The molecule has 0 saturated carbocycles. The monoisotopic (exact) mass is 343 g/mol. The first-order valence-electron chi connectivity index (χ1n) is 8.96. The standard InChI is InChI=1S/C21H33NOSi/c1-17(2)24(18(3)4,19(5)6)21(7,16-22)13-14-23-15-20-11-9-8-10-12-20/h8-14,17-19H,15H2,1-7H3/b14-13-. The number of hydrogen-bond donors (Lipinski definition) is 0. The Hall–Kier alpha value is -1.53. The summed E-state index contributed by atoms with van der Waals surface area (Å²) in [6, 6.07) is 12.8. The number of rotatable bonds is 8. The van der Waals surface area contributed by atoms with E-state index in [1.54, 1.807) is 6.26 Å². The van der Waals surface area contributed by atoms with Crippen LogP contribution in [0.15, 0.2) is 42.7 Å². The molecule has 132 valence electrons. The lowest BCUT2D eigenvalue weighted by molar-refractivity contribution is 0.235. The predicted molar refractivity (Wildman–Crippen MR) is 105 cm³/mol. The zero-order valence-electron chi connectivity index (χ0n) is 16.3. The van der Waals surface area contributed by atoms with Crippen LogP contribution in [0.25, 0.3) is 0 Å². The summed E-state index contributed by atoms with van der Waals surface area (Å²) in [6.45, 7) is 16.4. The average Bonchev–Trinajstić information content (AvgIpc) is 2.52. The van der Waals surface area contributed by atoms with Gasteiger partial charge in [0.1, 0.15) is 6.61 Å². The third-order valence-corrected chi connectivity index (χ3v) is 13.4. The van der Waals surface area contributed by atoms with E-state index >= 15 is 0 Å². The normalized spacial score (nSPS) is 15.0. The van der Waals surface area contributed by atoms with Gasteiger partial charge in [0.05, 0.1) is 25.4 Å². The van der Waals surface area contributed by atoms with Gasteiger partial charge in [0.15, 0.2) is 0 Å². The minimum absolute atomic E-state index is 0.444. The van der Waals surface area contributed by atoms with Gasteiger partial charge in [-0.1, -0.05) is 71.9 Å². The molecule has 0 bridgehead atoms. The second kappa shape index (κ2) is 8.53. The maximum Gasteiger partial charge on any atom is 0.112 e. The highest BCUT2D eigenvalue weighted by Crippen LogP contribution is 2.57. The number of allylic oxidation sites excluding steroid dienone is 1. The summed E-state index contributed by atoms with van der Waals surface area (Å²) in [5.41, 5.74) is 2.73. The Morgan fingerprint density at radius 1 is 1.04 bits per heavy atom. The molecule has 1 atom stereocenters. The van der Waals surface area contributed by atoms with Crippen molar-refractivity contribution in [3.63, 3.8) is 0 Å². The summed E-state index contributed by atoms with van der Waals surface area (Å²) >= 11 is 0. The van der Waals surface area contributed by atoms with Crippen LogP contribution in [0.5, 0.6) is 0 Å². The molecule has 0 N–H and O–H groups in total. The quantitative estimate of drug-likeness (QED) is 0.389. The lowest BCUT2D eigenvalue weighted by Crippen LogP contribution is -2.53. The van der Waals surface area contributed by atoms with Crippen LogP contribution in [-0.4, -0.2) is 8.07 Å². The molecule has 3 heteroatoms. The van der Waals surface area contributed by atoms with Gasteiger partial charge in [0.2, 0.25) is 0 Å². The van der Waals surface area contributed by atoms with Gasteiger partial charge in [-0.2, -0.15) is 5.26 Å². The van der Waals surface area contributed by atoms with E-state index < -0.39 is 13.1 Å². The number of hydrogen-bond acceptors (Lipinski definition) is 2. The van der Waals surface area contributed by atoms with Crippen LogP contribution < -0.4 is 0 Å². The Labute approximate surface area is 149 Å². The van der Waals surface area contributed by atoms with Gasteiger partial charge in [-0.05, 0) is 35.2 Å². The van der Waals surface area contributed by atoms with Gasteiger partial charge in [-0.15, -0.1) is 0 Å². The van der Waals surface area contributed by atoms with E-state index in [1.165, 1.54) is 0 Å². The summed E-state index contributed by atoms with van der Waals surface area (Å²) in [7, 11) is -1.94. The summed E-state index contributed by atoms with van der Waals surface area (Å²) < 4.78 is 5.74. The molecule has 0 spiro atoms. The van der Waals surface area contributed by atoms with Crippen LogP contribution in [0.4, 0.5) is 0 Å². The summed E-state index contributed by atoms with van der Waals surface area (Å²) in [4.78, 5) is 0. The van der Waals surface area contributed by atoms with E-state index in [1.807, 2.05) is 36.4 Å². The van der Waals surface area contributed by atoms with Gasteiger partial charge < -0.3 is 4.74 Å². The average molecular weight is 344 g/mol. The van der Waals surface area contributed by atoms with Gasteiger partial charge in [0, 0.05) is 0 Å². The first kappa shape index (κ1) is 20.5. The molecular formula is C21H33NOSi. The maximum absolute atomic E-state index is 10.1. The summed E-state index contributed by atoms with van der Waals surface area (Å²) in [5, 5.41) is 9.62. The lowest BCUT2D eigenvalue weighted by Gasteiger charge is -2.51. The third-order valence-electron chi connectivity index (χ3n) is 5.59. The van der Waals surface area contributed by atoms with Crippen LogP contribution in [0.2, 0.25) is 21.7 Å². The molecule has 0 heterocycles. The molecule has 1 aromatic rings. The van der Waals surface area contributed by atoms with Crippen molar-refractivity contribution in [2.45, 2.75) is 76.7 Å². The smallest absolute Gasteiger partial charge is 0.112 e. The van der Waals surface area contributed by atoms with Crippen LogP contribution in [0, 0.1) is 11.3 Å². The van der Waals surface area contributed by atoms with Crippen molar-refractivity contribution >= 4 is 8.07 Å². The molecule has 0 saturated heterocycles. The fourth-order valence-corrected chi connectivity index (χ4v) is 13.1. The Kier molecular flexibility index (Phi) is 7.29. The number of nitrogens with zero attached hydrogens (tertiary/aromatic N) is 1. The molecular weight excluding hydrogens is 310 g/mol. The minimum Gasteiger partial charge on any atom is -0.497 e. The summed E-state index contributed by atoms with van der Waals surface area (Å²) in [6.07, 6.45) is 3.78. The molecule has 24 heavy (non-hydrogen) atoms. The molecule has 0 fully saturated rings.